The fourth-order valence-electron chi connectivity index (χ4n) is 2.68. The van der Waals surface area contributed by atoms with Gasteiger partial charge in [-0.15, -0.1) is 0 Å². The molecule has 0 fully saturated rings. The summed E-state index contributed by atoms with van der Waals surface area (Å²) in [7, 11) is 0. The van der Waals surface area contributed by atoms with Crippen molar-refractivity contribution >= 4 is 24.1 Å². The van der Waals surface area contributed by atoms with Crippen LogP contribution in [0.3, 0.4) is 0 Å². The molecule has 0 amide bonds. The monoisotopic (exact) mass is 360 g/mol. The molecule has 4 heteroatoms. The first-order valence-corrected chi connectivity index (χ1v) is 8.53. The minimum Gasteiger partial charge on any atom is -0.423 e. The first-order valence-electron chi connectivity index (χ1n) is 8.53. The lowest BCUT2D eigenvalue weighted by Gasteiger charge is -2.10. The Hall–Kier alpha value is -3.40. The third-order valence-corrected chi connectivity index (χ3v) is 4.18. The van der Waals surface area contributed by atoms with Crippen molar-refractivity contribution in [3.8, 4) is 11.5 Å². The molecule has 0 aliphatic heterocycles. The quantitative estimate of drug-likeness (QED) is 0.384. The van der Waals surface area contributed by atoms with Crippen LogP contribution in [0, 0.1) is 0 Å². The predicted molar refractivity (Wildman–Crippen MR) is 106 cm³/mol. The maximum Gasteiger partial charge on any atom is 0.338 e. The van der Waals surface area contributed by atoms with Crippen molar-refractivity contribution in [2.75, 3.05) is 0 Å². The number of ether oxygens (including phenoxy) is 2. The van der Waals surface area contributed by atoms with E-state index in [1.54, 1.807) is 26.0 Å². The number of benzene rings is 2. The van der Waals surface area contributed by atoms with Crippen LogP contribution in [0.25, 0.3) is 12.2 Å². The summed E-state index contributed by atoms with van der Waals surface area (Å²) in [5.74, 6) is 0.0708. The smallest absolute Gasteiger partial charge is 0.338 e. The largest absolute Gasteiger partial charge is 0.423 e. The van der Waals surface area contributed by atoms with Gasteiger partial charge in [0.2, 0.25) is 0 Å². The molecule has 0 N–H and O–H groups in total. The molecule has 0 atom stereocenters. The fraction of sp³-hybridized carbons (Fsp3) is 0.130. The van der Waals surface area contributed by atoms with E-state index in [-0.39, 0.29) is 0 Å². The molecule has 0 spiro atoms. The summed E-state index contributed by atoms with van der Waals surface area (Å²) in [6, 6.07) is 11.1. The number of rotatable bonds is 4. The number of hydrogen-bond acceptors (Lipinski definition) is 4. The number of fused-ring (bicyclic) bond motifs is 2. The SMILES string of the molecule is C=C(C)C(=O)Oc1ccc2c(c1)C=Cc1cc(OC(=O)C(=C)C)ccc1C2. The first-order chi connectivity index (χ1) is 12.8. The molecule has 2 aromatic carbocycles. The lowest BCUT2D eigenvalue weighted by molar-refractivity contribution is -0.130. The average molecular weight is 360 g/mol. The Labute approximate surface area is 158 Å². The standard InChI is InChI=1S/C23H20O4/c1-14(2)22(24)26-20-9-7-16-11-17-8-10-21(27-23(25)15(3)4)13-19(17)6-5-18(16)12-20/h5-10,12-13H,1,3,11H2,2,4H3. The van der Waals surface area contributed by atoms with Crippen LogP contribution in [0.4, 0.5) is 0 Å². The molecule has 1 aliphatic carbocycles. The molecule has 0 saturated heterocycles. The second kappa shape index (κ2) is 7.46. The third-order valence-electron chi connectivity index (χ3n) is 4.18. The number of hydrogen-bond donors (Lipinski definition) is 0. The maximum atomic E-state index is 11.7. The van der Waals surface area contributed by atoms with Gasteiger partial charge in [-0.3, -0.25) is 0 Å². The van der Waals surface area contributed by atoms with Crippen LogP contribution in [-0.4, -0.2) is 11.9 Å². The van der Waals surface area contributed by atoms with E-state index in [4.69, 9.17) is 9.47 Å². The summed E-state index contributed by atoms with van der Waals surface area (Å²) < 4.78 is 10.6. The highest BCUT2D eigenvalue weighted by molar-refractivity contribution is 5.89. The van der Waals surface area contributed by atoms with Gasteiger partial charge in [0.1, 0.15) is 11.5 Å². The Balaban J connectivity index is 1.87. The van der Waals surface area contributed by atoms with Crippen molar-refractivity contribution in [3.63, 3.8) is 0 Å². The van der Waals surface area contributed by atoms with Gasteiger partial charge in [0, 0.05) is 11.1 Å². The Morgan fingerprint density at radius 3 is 1.56 bits per heavy atom. The molecule has 0 heterocycles. The van der Waals surface area contributed by atoms with E-state index in [0.29, 0.717) is 22.6 Å². The van der Waals surface area contributed by atoms with E-state index < -0.39 is 11.9 Å². The normalized spacial score (nSPS) is 11.6. The second-order valence-electron chi connectivity index (χ2n) is 6.57. The summed E-state index contributed by atoms with van der Waals surface area (Å²) >= 11 is 0. The molecule has 27 heavy (non-hydrogen) atoms. The minimum absolute atomic E-state index is 0.352. The van der Waals surface area contributed by atoms with Gasteiger partial charge in [0.05, 0.1) is 0 Å². The molecule has 3 rings (SSSR count). The van der Waals surface area contributed by atoms with Crippen LogP contribution in [0.5, 0.6) is 11.5 Å². The molecule has 0 radical (unpaired) electrons. The molecular weight excluding hydrogens is 340 g/mol. The summed E-state index contributed by atoms with van der Waals surface area (Å²) in [5, 5.41) is 0. The van der Waals surface area contributed by atoms with Crippen molar-refractivity contribution in [2.24, 2.45) is 0 Å². The molecule has 0 unspecified atom stereocenters. The van der Waals surface area contributed by atoms with Crippen LogP contribution in [0.2, 0.25) is 0 Å². The molecule has 4 nitrogen and oxygen atoms in total. The number of esters is 2. The van der Waals surface area contributed by atoms with E-state index >= 15 is 0 Å². The Morgan fingerprint density at radius 2 is 1.19 bits per heavy atom. The predicted octanol–water partition coefficient (Wildman–Crippen LogP) is 4.72. The van der Waals surface area contributed by atoms with Crippen molar-refractivity contribution in [3.05, 3.63) is 83.0 Å². The molecular formula is C23H20O4. The third kappa shape index (κ3) is 4.23. The Morgan fingerprint density at radius 1 is 0.778 bits per heavy atom. The number of carbonyl (C=O) groups is 2. The van der Waals surface area contributed by atoms with Crippen molar-refractivity contribution in [1.82, 2.24) is 0 Å². The highest BCUT2D eigenvalue weighted by atomic mass is 16.5. The summed E-state index contributed by atoms with van der Waals surface area (Å²) in [6.07, 6.45) is 4.65. The van der Waals surface area contributed by atoms with Gasteiger partial charge in [0.25, 0.3) is 0 Å². The van der Waals surface area contributed by atoms with Crippen LogP contribution in [-0.2, 0) is 16.0 Å². The lowest BCUT2D eigenvalue weighted by atomic mass is 9.99. The zero-order chi connectivity index (χ0) is 19.6. The van der Waals surface area contributed by atoms with Crippen molar-refractivity contribution in [2.45, 2.75) is 20.3 Å². The van der Waals surface area contributed by atoms with E-state index in [1.807, 2.05) is 36.4 Å². The van der Waals surface area contributed by atoms with Gasteiger partial charge in [-0.25, -0.2) is 9.59 Å². The zero-order valence-corrected chi connectivity index (χ0v) is 15.4. The molecule has 136 valence electrons. The molecule has 2 aromatic rings. The van der Waals surface area contributed by atoms with Gasteiger partial charge in [0.15, 0.2) is 0 Å². The van der Waals surface area contributed by atoms with Crippen molar-refractivity contribution in [1.29, 1.82) is 0 Å². The van der Waals surface area contributed by atoms with Gasteiger partial charge >= 0.3 is 11.9 Å². The van der Waals surface area contributed by atoms with Gasteiger partial charge in [-0.2, -0.15) is 0 Å². The first kappa shape index (κ1) is 18.4. The molecule has 0 saturated carbocycles. The molecule has 0 bridgehead atoms. The van der Waals surface area contributed by atoms with Crippen LogP contribution in [0.1, 0.15) is 36.1 Å². The van der Waals surface area contributed by atoms with Crippen LogP contribution < -0.4 is 9.47 Å². The highest BCUT2D eigenvalue weighted by Crippen LogP contribution is 2.30. The van der Waals surface area contributed by atoms with Gasteiger partial charge in [-0.05, 0) is 66.8 Å². The summed E-state index contributed by atoms with van der Waals surface area (Å²) in [6.45, 7) is 10.4. The topological polar surface area (TPSA) is 52.6 Å². The average Bonchev–Trinajstić information content (AvgIpc) is 2.80. The Bertz CT molecular complexity index is 916. The lowest BCUT2D eigenvalue weighted by Crippen LogP contribution is -2.08. The van der Waals surface area contributed by atoms with Crippen molar-refractivity contribution < 1.29 is 19.1 Å². The minimum atomic E-state index is -0.445. The van der Waals surface area contributed by atoms with E-state index in [0.717, 1.165) is 28.7 Å². The maximum absolute atomic E-state index is 11.7. The molecule has 1 aliphatic rings. The van der Waals surface area contributed by atoms with Gasteiger partial charge in [-0.1, -0.05) is 37.4 Å². The molecule has 0 aromatic heterocycles. The van der Waals surface area contributed by atoms with E-state index in [9.17, 15) is 9.59 Å². The second-order valence-corrected chi connectivity index (χ2v) is 6.57. The van der Waals surface area contributed by atoms with Crippen LogP contribution in [0.15, 0.2) is 60.7 Å². The summed E-state index contributed by atoms with van der Waals surface area (Å²) in [4.78, 5) is 23.4. The number of carbonyl (C=O) groups excluding carboxylic acids is 2. The highest BCUT2D eigenvalue weighted by Gasteiger charge is 2.14. The van der Waals surface area contributed by atoms with E-state index in [1.165, 1.54) is 0 Å². The summed E-state index contributed by atoms with van der Waals surface area (Å²) in [5.41, 5.74) is 4.88. The zero-order valence-electron chi connectivity index (χ0n) is 15.4. The van der Waals surface area contributed by atoms with E-state index in [2.05, 4.69) is 13.2 Å². The Kier molecular flexibility index (Phi) is 5.08. The fourth-order valence-corrected chi connectivity index (χ4v) is 2.68. The van der Waals surface area contributed by atoms with Crippen LogP contribution >= 0.6 is 0 Å². The van der Waals surface area contributed by atoms with Gasteiger partial charge < -0.3 is 9.47 Å².